The molecule has 0 heterocycles. The van der Waals surface area contributed by atoms with E-state index in [1.807, 2.05) is 5.32 Å². The summed E-state index contributed by atoms with van der Waals surface area (Å²) < 4.78 is 51.3. The van der Waals surface area contributed by atoms with E-state index >= 15 is 0 Å². The van der Waals surface area contributed by atoms with Gasteiger partial charge in [-0.2, -0.15) is 13.2 Å². The predicted octanol–water partition coefficient (Wildman–Crippen LogP) is 2.96. The molecule has 0 saturated heterocycles. The highest BCUT2D eigenvalue weighted by Crippen LogP contribution is 2.49. The van der Waals surface area contributed by atoms with Crippen LogP contribution in [-0.4, -0.2) is 17.6 Å². The molecule has 18 heavy (non-hydrogen) atoms. The van der Waals surface area contributed by atoms with Crippen LogP contribution in [0.5, 0.6) is 0 Å². The lowest BCUT2D eigenvalue weighted by molar-refractivity contribution is -0.163. The van der Waals surface area contributed by atoms with Crippen LogP contribution in [0.2, 0.25) is 0 Å². The monoisotopic (exact) mass is 261 g/mol. The number of hydrogen-bond donors (Lipinski definition) is 1. The summed E-state index contributed by atoms with van der Waals surface area (Å²) in [5.41, 5.74) is -1.93. The summed E-state index contributed by atoms with van der Waals surface area (Å²) in [6.45, 7) is 1.63. The molecule has 0 bridgehead atoms. The van der Waals surface area contributed by atoms with Gasteiger partial charge in [0.2, 0.25) is 0 Å². The number of alkyl halides is 3. The number of amides is 1. The van der Waals surface area contributed by atoms with Crippen LogP contribution < -0.4 is 5.32 Å². The van der Waals surface area contributed by atoms with E-state index in [4.69, 9.17) is 0 Å². The standard InChI is InChI=1S/C12H11F4NO/c1-7-2-3-8(9(13)6-7)10(18)17-11(4-5-11)12(14,15)16/h2-3,6H,4-5H2,1H3,(H,17,18). The zero-order valence-electron chi connectivity index (χ0n) is 9.57. The normalized spacial score (nSPS) is 17.4. The average Bonchev–Trinajstić information content (AvgIpc) is 2.97. The van der Waals surface area contributed by atoms with Gasteiger partial charge in [0.15, 0.2) is 0 Å². The van der Waals surface area contributed by atoms with Crippen molar-refractivity contribution in [2.75, 3.05) is 0 Å². The second-order valence-electron chi connectivity index (χ2n) is 4.52. The van der Waals surface area contributed by atoms with E-state index in [1.165, 1.54) is 12.1 Å². The molecule has 0 unspecified atom stereocenters. The smallest absolute Gasteiger partial charge is 0.338 e. The molecular formula is C12H11F4NO. The van der Waals surface area contributed by atoms with Gasteiger partial charge in [-0.3, -0.25) is 4.79 Å². The van der Waals surface area contributed by atoms with Gasteiger partial charge < -0.3 is 5.32 Å². The van der Waals surface area contributed by atoms with Crippen molar-refractivity contribution in [1.29, 1.82) is 0 Å². The molecular weight excluding hydrogens is 250 g/mol. The summed E-state index contributed by atoms with van der Waals surface area (Å²) in [4.78, 5) is 11.6. The summed E-state index contributed by atoms with van der Waals surface area (Å²) in [6, 6.07) is 3.78. The SMILES string of the molecule is Cc1ccc(C(=O)NC2(C(F)(F)F)CC2)c(F)c1. The molecule has 1 aliphatic rings. The van der Waals surface area contributed by atoms with Gasteiger partial charge in [-0.05, 0) is 37.5 Å². The third-order valence-corrected chi connectivity index (χ3v) is 3.01. The maximum Gasteiger partial charge on any atom is 0.411 e. The number of halogens is 4. The minimum absolute atomic E-state index is 0.157. The molecule has 2 nitrogen and oxygen atoms in total. The first-order chi connectivity index (χ1) is 8.25. The van der Waals surface area contributed by atoms with E-state index < -0.39 is 23.4 Å². The van der Waals surface area contributed by atoms with Crippen LogP contribution in [0.15, 0.2) is 18.2 Å². The molecule has 1 aliphatic carbocycles. The highest BCUT2D eigenvalue weighted by molar-refractivity contribution is 5.95. The summed E-state index contributed by atoms with van der Waals surface area (Å²) >= 11 is 0. The first kappa shape index (κ1) is 12.9. The van der Waals surface area contributed by atoms with E-state index in [-0.39, 0.29) is 18.4 Å². The van der Waals surface area contributed by atoms with Gasteiger partial charge in [0.25, 0.3) is 5.91 Å². The minimum atomic E-state index is -4.50. The van der Waals surface area contributed by atoms with Crippen LogP contribution in [0.3, 0.4) is 0 Å². The Morgan fingerprint density at radius 2 is 1.94 bits per heavy atom. The van der Waals surface area contributed by atoms with Crippen LogP contribution >= 0.6 is 0 Å². The molecule has 0 aromatic heterocycles. The Bertz CT molecular complexity index is 491. The van der Waals surface area contributed by atoms with Gasteiger partial charge in [-0.25, -0.2) is 4.39 Å². The van der Waals surface area contributed by atoms with Crippen molar-refractivity contribution >= 4 is 5.91 Å². The molecule has 0 spiro atoms. The maximum absolute atomic E-state index is 13.5. The number of rotatable bonds is 2. The first-order valence-corrected chi connectivity index (χ1v) is 5.41. The topological polar surface area (TPSA) is 29.1 Å². The van der Waals surface area contributed by atoms with Gasteiger partial charge in [0, 0.05) is 0 Å². The molecule has 0 aliphatic heterocycles. The van der Waals surface area contributed by atoms with Crippen molar-refractivity contribution in [1.82, 2.24) is 5.32 Å². The lowest BCUT2D eigenvalue weighted by Crippen LogP contribution is -2.48. The fourth-order valence-electron chi connectivity index (χ4n) is 1.69. The number of carbonyl (C=O) groups is 1. The second kappa shape index (κ2) is 3.96. The van der Waals surface area contributed by atoms with Gasteiger partial charge >= 0.3 is 6.18 Å². The highest BCUT2D eigenvalue weighted by atomic mass is 19.4. The van der Waals surface area contributed by atoms with Gasteiger partial charge in [0.05, 0.1) is 5.56 Å². The van der Waals surface area contributed by atoms with E-state index in [0.29, 0.717) is 5.56 Å². The highest BCUT2D eigenvalue weighted by Gasteiger charge is 2.64. The van der Waals surface area contributed by atoms with Crippen molar-refractivity contribution in [2.45, 2.75) is 31.5 Å². The third-order valence-electron chi connectivity index (χ3n) is 3.01. The fraction of sp³-hybridized carbons (Fsp3) is 0.417. The zero-order chi connectivity index (χ0) is 13.6. The lowest BCUT2D eigenvalue weighted by atomic mass is 10.1. The Labute approximate surface area is 101 Å². The van der Waals surface area contributed by atoms with Crippen LogP contribution in [-0.2, 0) is 0 Å². The number of hydrogen-bond acceptors (Lipinski definition) is 1. The summed E-state index contributed by atoms with van der Waals surface area (Å²) in [7, 11) is 0. The summed E-state index contributed by atoms with van der Waals surface area (Å²) in [6.07, 6.45) is -4.81. The van der Waals surface area contributed by atoms with Crippen LogP contribution in [0.1, 0.15) is 28.8 Å². The molecule has 1 aromatic rings. The molecule has 6 heteroatoms. The molecule has 1 amide bonds. The Hall–Kier alpha value is -1.59. The van der Waals surface area contributed by atoms with Gasteiger partial charge in [0.1, 0.15) is 11.4 Å². The molecule has 1 fully saturated rings. The van der Waals surface area contributed by atoms with E-state index in [2.05, 4.69) is 0 Å². The Morgan fingerprint density at radius 3 is 2.39 bits per heavy atom. The number of aryl methyl sites for hydroxylation is 1. The molecule has 2 rings (SSSR count). The molecule has 1 aromatic carbocycles. The predicted molar refractivity (Wildman–Crippen MR) is 56.6 cm³/mol. The Morgan fingerprint density at radius 1 is 1.33 bits per heavy atom. The Balaban J connectivity index is 2.19. The zero-order valence-corrected chi connectivity index (χ0v) is 9.57. The molecule has 0 radical (unpaired) electrons. The van der Waals surface area contributed by atoms with Crippen LogP contribution in [0, 0.1) is 12.7 Å². The Kier molecular flexibility index (Phi) is 2.83. The number of benzene rings is 1. The third kappa shape index (κ3) is 2.19. The van der Waals surface area contributed by atoms with Crippen molar-refractivity contribution in [3.05, 3.63) is 35.1 Å². The van der Waals surface area contributed by atoms with Gasteiger partial charge in [-0.1, -0.05) is 6.07 Å². The van der Waals surface area contributed by atoms with E-state index in [1.54, 1.807) is 6.92 Å². The number of nitrogens with one attached hydrogen (secondary N) is 1. The van der Waals surface area contributed by atoms with Crippen molar-refractivity contribution < 1.29 is 22.4 Å². The van der Waals surface area contributed by atoms with Crippen molar-refractivity contribution in [3.63, 3.8) is 0 Å². The van der Waals surface area contributed by atoms with Crippen molar-refractivity contribution in [2.24, 2.45) is 0 Å². The largest absolute Gasteiger partial charge is 0.411 e. The minimum Gasteiger partial charge on any atom is -0.338 e. The molecule has 0 atom stereocenters. The average molecular weight is 261 g/mol. The fourth-order valence-corrected chi connectivity index (χ4v) is 1.69. The maximum atomic E-state index is 13.5. The number of carbonyl (C=O) groups excluding carboxylic acids is 1. The van der Waals surface area contributed by atoms with E-state index in [0.717, 1.165) is 6.07 Å². The first-order valence-electron chi connectivity index (χ1n) is 5.41. The quantitative estimate of drug-likeness (QED) is 0.815. The van der Waals surface area contributed by atoms with Crippen LogP contribution in [0.4, 0.5) is 17.6 Å². The lowest BCUT2D eigenvalue weighted by Gasteiger charge is -2.20. The molecule has 1 saturated carbocycles. The molecule has 98 valence electrons. The van der Waals surface area contributed by atoms with Gasteiger partial charge in [-0.15, -0.1) is 0 Å². The van der Waals surface area contributed by atoms with E-state index in [9.17, 15) is 22.4 Å². The van der Waals surface area contributed by atoms with Crippen molar-refractivity contribution in [3.8, 4) is 0 Å². The van der Waals surface area contributed by atoms with Crippen LogP contribution in [0.25, 0.3) is 0 Å². The second-order valence-corrected chi connectivity index (χ2v) is 4.52. The summed E-state index contributed by atoms with van der Waals surface area (Å²) in [5.74, 6) is -1.84. The molecule has 1 N–H and O–H groups in total. The summed E-state index contributed by atoms with van der Waals surface area (Å²) in [5, 5.41) is 1.88.